The topological polar surface area (TPSA) is 63.3 Å². The second-order valence-corrected chi connectivity index (χ2v) is 2.85. The van der Waals surface area contributed by atoms with Gasteiger partial charge in [0.1, 0.15) is 6.04 Å². The largest absolute Gasteiger partial charge is 0.480 e. The van der Waals surface area contributed by atoms with Gasteiger partial charge in [-0.2, -0.15) is 11.8 Å². The van der Waals surface area contributed by atoms with Gasteiger partial charge in [0, 0.05) is 11.5 Å². The lowest BCUT2D eigenvalue weighted by molar-refractivity contribution is -0.137. The van der Waals surface area contributed by atoms with Gasteiger partial charge < -0.3 is 10.8 Å². The number of hydrogen-bond donors (Lipinski definition) is 2. The van der Waals surface area contributed by atoms with E-state index in [0.717, 1.165) is 5.75 Å². The summed E-state index contributed by atoms with van der Waals surface area (Å²) in [5, 5.41) is 8.32. The number of hydrogen-bond acceptors (Lipinski definition) is 3. The van der Waals surface area contributed by atoms with Gasteiger partial charge in [-0.05, 0) is 0 Å². The van der Waals surface area contributed by atoms with Crippen molar-refractivity contribution in [3.63, 3.8) is 0 Å². The highest BCUT2D eigenvalue weighted by molar-refractivity contribution is 7.99. The summed E-state index contributed by atoms with van der Waals surface area (Å²) in [6.45, 7) is 3.49. The monoisotopic (exact) mass is 197 g/mol. The van der Waals surface area contributed by atoms with E-state index >= 15 is 0 Å². The van der Waals surface area contributed by atoms with E-state index in [1.807, 2.05) is 0 Å². The Kier molecular flexibility index (Phi) is 9.64. The highest BCUT2D eigenvalue weighted by atomic mass is 35.5. The summed E-state index contributed by atoms with van der Waals surface area (Å²) < 4.78 is 0. The van der Waals surface area contributed by atoms with Crippen LogP contribution in [0.25, 0.3) is 0 Å². The SMILES string of the molecule is C=CCSCC(N)C(=O)O.Cl. The predicted octanol–water partition coefficient (Wildman–Crippen LogP) is 0.739. The number of carboxylic acid groups (broad SMARTS) is 1. The Labute approximate surface area is 76.4 Å². The number of rotatable bonds is 5. The fraction of sp³-hybridized carbons (Fsp3) is 0.500. The molecule has 0 aromatic heterocycles. The summed E-state index contributed by atoms with van der Waals surface area (Å²) >= 11 is 1.47. The van der Waals surface area contributed by atoms with E-state index < -0.39 is 12.0 Å². The van der Waals surface area contributed by atoms with Crippen LogP contribution in [-0.4, -0.2) is 28.6 Å². The molecular weight excluding hydrogens is 186 g/mol. The Hall–Kier alpha value is -0.190. The molecule has 1 unspecified atom stereocenters. The van der Waals surface area contributed by atoms with E-state index in [0.29, 0.717) is 5.75 Å². The van der Waals surface area contributed by atoms with Gasteiger partial charge in [-0.25, -0.2) is 0 Å². The van der Waals surface area contributed by atoms with Crippen molar-refractivity contribution < 1.29 is 9.90 Å². The molecule has 0 amide bonds. The van der Waals surface area contributed by atoms with Crippen LogP contribution >= 0.6 is 24.2 Å². The molecule has 3 N–H and O–H groups in total. The summed E-state index contributed by atoms with van der Waals surface area (Å²) in [4.78, 5) is 10.1. The quantitative estimate of drug-likeness (QED) is 0.504. The van der Waals surface area contributed by atoms with Gasteiger partial charge in [-0.3, -0.25) is 4.79 Å². The van der Waals surface area contributed by atoms with Crippen molar-refractivity contribution in [2.75, 3.05) is 11.5 Å². The lowest BCUT2D eigenvalue weighted by Gasteiger charge is -2.02. The molecule has 11 heavy (non-hydrogen) atoms. The number of halogens is 1. The third kappa shape index (κ3) is 7.71. The molecule has 0 saturated carbocycles. The fourth-order valence-corrected chi connectivity index (χ4v) is 1.05. The second kappa shape index (κ2) is 7.91. The average molecular weight is 198 g/mol. The molecule has 0 radical (unpaired) electrons. The maximum absolute atomic E-state index is 10.1. The summed E-state index contributed by atoms with van der Waals surface area (Å²) in [7, 11) is 0. The Bertz CT molecular complexity index is 132. The van der Waals surface area contributed by atoms with E-state index in [1.54, 1.807) is 6.08 Å². The van der Waals surface area contributed by atoms with Crippen molar-refractivity contribution in [2.45, 2.75) is 6.04 Å². The standard InChI is InChI=1S/C6H11NO2S.ClH/c1-2-3-10-4-5(7)6(8)9;/h2,5H,1,3-4,7H2,(H,8,9);1H. The number of aliphatic carboxylic acids is 1. The van der Waals surface area contributed by atoms with E-state index in [2.05, 4.69) is 6.58 Å². The molecule has 0 heterocycles. The predicted molar refractivity (Wildman–Crippen MR) is 50.4 cm³/mol. The van der Waals surface area contributed by atoms with Gasteiger partial charge in [0.15, 0.2) is 0 Å². The minimum absolute atomic E-state index is 0. The lowest BCUT2D eigenvalue weighted by Crippen LogP contribution is -2.32. The first-order valence-electron chi connectivity index (χ1n) is 2.85. The molecule has 0 aromatic rings. The average Bonchev–Trinajstić information content (AvgIpc) is 1.88. The van der Waals surface area contributed by atoms with Crippen molar-refractivity contribution in [1.29, 1.82) is 0 Å². The van der Waals surface area contributed by atoms with Gasteiger partial charge in [0.2, 0.25) is 0 Å². The van der Waals surface area contributed by atoms with Crippen LogP contribution in [0.4, 0.5) is 0 Å². The first kappa shape index (κ1) is 13.4. The number of carbonyl (C=O) groups is 1. The fourth-order valence-electron chi connectivity index (χ4n) is 0.350. The molecule has 0 saturated heterocycles. The molecule has 0 aromatic carbocycles. The molecule has 0 rings (SSSR count). The van der Waals surface area contributed by atoms with E-state index in [4.69, 9.17) is 10.8 Å². The number of carboxylic acids is 1. The van der Waals surface area contributed by atoms with Crippen molar-refractivity contribution in [1.82, 2.24) is 0 Å². The maximum atomic E-state index is 10.1. The number of nitrogens with two attached hydrogens (primary N) is 1. The van der Waals surface area contributed by atoms with Crippen LogP contribution in [0, 0.1) is 0 Å². The Morgan fingerprint density at radius 1 is 1.82 bits per heavy atom. The molecular formula is C6H12ClNO2S. The second-order valence-electron chi connectivity index (χ2n) is 1.77. The molecule has 3 nitrogen and oxygen atoms in total. The molecule has 0 aliphatic heterocycles. The highest BCUT2D eigenvalue weighted by Crippen LogP contribution is 2.00. The molecule has 0 aliphatic rings. The molecule has 0 aliphatic carbocycles. The molecule has 1 atom stereocenters. The molecule has 0 spiro atoms. The van der Waals surface area contributed by atoms with Crippen molar-refractivity contribution in [2.24, 2.45) is 5.73 Å². The molecule has 5 heteroatoms. The zero-order chi connectivity index (χ0) is 7.98. The van der Waals surface area contributed by atoms with E-state index in [-0.39, 0.29) is 12.4 Å². The van der Waals surface area contributed by atoms with Crippen molar-refractivity contribution >= 4 is 30.1 Å². The van der Waals surface area contributed by atoms with Gasteiger partial charge in [0.05, 0.1) is 0 Å². The summed E-state index contributed by atoms with van der Waals surface area (Å²) in [6, 6.07) is -0.745. The lowest BCUT2D eigenvalue weighted by atomic mass is 10.4. The third-order valence-electron chi connectivity index (χ3n) is 0.850. The van der Waals surface area contributed by atoms with Crippen LogP contribution < -0.4 is 5.73 Å². The smallest absolute Gasteiger partial charge is 0.321 e. The molecule has 0 bridgehead atoms. The highest BCUT2D eigenvalue weighted by Gasteiger charge is 2.09. The Morgan fingerprint density at radius 3 is 2.73 bits per heavy atom. The summed E-state index contributed by atoms with van der Waals surface area (Å²) in [6.07, 6.45) is 1.72. The van der Waals surface area contributed by atoms with Crippen molar-refractivity contribution in [3.05, 3.63) is 12.7 Å². The Balaban J connectivity index is 0. The Morgan fingerprint density at radius 2 is 2.36 bits per heavy atom. The molecule has 0 fully saturated rings. The van der Waals surface area contributed by atoms with Gasteiger partial charge in [-0.15, -0.1) is 19.0 Å². The van der Waals surface area contributed by atoms with Crippen LogP contribution in [-0.2, 0) is 4.79 Å². The van der Waals surface area contributed by atoms with Gasteiger partial charge >= 0.3 is 5.97 Å². The normalized spacial score (nSPS) is 11.4. The van der Waals surface area contributed by atoms with Crippen LogP contribution in [0.15, 0.2) is 12.7 Å². The summed E-state index contributed by atoms with van der Waals surface area (Å²) in [5.74, 6) is 0.249. The zero-order valence-corrected chi connectivity index (χ0v) is 7.66. The van der Waals surface area contributed by atoms with Crippen LogP contribution in [0.1, 0.15) is 0 Å². The zero-order valence-electron chi connectivity index (χ0n) is 6.03. The number of thioether (sulfide) groups is 1. The third-order valence-corrected chi connectivity index (χ3v) is 1.92. The minimum Gasteiger partial charge on any atom is -0.480 e. The first-order chi connectivity index (χ1) is 4.68. The molecule has 66 valence electrons. The summed E-state index contributed by atoms with van der Waals surface area (Å²) in [5.41, 5.74) is 5.20. The minimum atomic E-state index is -0.948. The van der Waals surface area contributed by atoms with Crippen LogP contribution in [0.2, 0.25) is 0 Å². The van der Waals surface area contributed by atoms with Gasteiger partial charge in [-0.1, -0.05) is 6.08 Å². The van der Waals surface area contributed by atoms with Crippen LogP contribution in [0.5, 0.6) is 0 Å². The van der Waals surface area contributed by atoms with E-state index in [1.165, 1.54) is 11.8 Å². The van der Waals surface area contributed by atoms with E-state index in [9.17, 15) is 4.79 Å². The maximum Gasteiger partial charge on any atom is 0.321 e. The van der Waals surface area contributed by atoms with Crippen LogP contribution in [0.3, 0.4) is 0 Å². The van der Waals surface area contributed by atoms with Gasteiger partial charge in [0.25, 0.3) is 0 Å². The first-order valence-corrected chi connectivity index (χ1v) is 4.01. The van der Waals surface area contributed by atoms with Crippen molar-refractivity contribution in [3.8, 4) is 0 Å².